The van der Waals surface area contributed by atoms with Gasteiger partial charge in [-0.3, -0.25) is 4.79 Å². The molecule has 1 aliphatic heterocycles. The normalized spacial score (nSPS) is 14.1. The van der Waals surface area contributed by atoms with Gasteiger partial charge in [0.05, 0.1) is 17.9 Å². The smallest absolute Gasteiger partial charge is 0.236 e. The van der Waals surface area contributed by atoms with Crippen LogP contribution >= 0.6 is 0 Å². The molecule has 162 valence electrons. The standard InChI is InChI=1S/C25H31N5O/c1-2-9-24-18-21(27-30(24)23-12-7-4-8-13-23)19-26-20-25(31)29-16-14-28(15-17-29)22-10-5-3-6-11-22/h3-8,10-13,18,26H,2,9,14-17,19-20H2,1H3. The van der Waals surface area contributed by atoms with Crippen molar-refractivity contribution in [3.8, 4) is 5.69 Å². The van der Waals surface area contributed by atoms with Crippen molar-refractivity contribution < 1.29 is 4.79 Å². The highest BCUT2D eigenvalue weighted by Crippen LogP contribution is 2.16. The van der Waals surface area contributed by atoms with Crippen molar-refractivity contribution in [2.45, 2.75) is 26.3 Å². The van der Waals surface area contributed by atoms with E-state index in [1.165, 1.54) is 11.4 Å². The molecule has 1 N–H and O–H groups in total. The van der Waals surface area contributed by atoms with Crippen LogP contribution in [0.3, 0.4) is 0 Å². The quantitative estimate of drug-likeness (QED) is 0.611. The van der Waals surface area contributed by atoms with Crippen LogP contribution in [0.2, 0.25) is 0 Å². The van der Waals surface area contributed by atoms with Crippen molar-refractivity contribution in [2.75, 3.05) is 37.6 Å². The molecule has 0 bridgehead atoms. The minimum atomic E-state index is 0.156. The second-order valence-electron chi connectivity index (χ2n) is 7.93. The maximum absolute atomic E-state index is 12.6. The number of benzene rings is 2. The summed E-state index contributed by atoms with van der Waals surface area (Å²) in [5.74, 6) is 0.156. The minimum absolute atomic E-state index is 0.156. The molecule has 0 aliphatic carbocycles. The highest BCUT2D eigenvalue weighted by atomic mass is 16.2. The summed E-state index contributed by atoms with van der Waals surface area (Å²) in [6, 6.07) is 22.8. The zero-order chi connectivity index (χ0) is 21.5. The minimum Gasteiger partial charge on any atom is -0.368 e. The van der Waals surface area contributed by atoms with Crippen molar-refractivity contribution >= 4 is 11.6 Å². The number of hydrogen-bond acceptors (Lipinski definition) is 4. The van der Waals surface area contributed by atoms with E-state index in [-0.39, 0.29) is 5.91 Å². The Morgan fingerprint density at radius 1 is 0.935 bits per heavy atom. The topological polar surface area (TPSA) is 53.4 Å². The SMILES string of the molecule is CCCc1cc(CNCC(=O)N2CCN(c3ccccc3)CC2)nn1-c1ccccc1. The second-order valence-corrected chi connectivity index (χ2v) is 7.93. The Balaban J connectivity index is 1.28. The molecule has 0 spiro atoms. The molecule has 0 saturated carbocycles. The molecule has 1 saturated heterocycles. The van der Waals surface area contributed by atoms with E-state index in [1.807, 2.05) is 33.8 Å². The van der Waals surface area contributed by atoms with E-state index in [0.29, 0.717) is 13.1 Å². The van der Waals surface area contributed by atoms with Gasteiger partial charge in [0.1, 0.15) is 0 Å². The second kappa shape index (κ2) is 10.3. The molecule has 1 aromatic heterocycles. The summed E-state index contributed by atoms with van der Waals surface area (Å²) in [7, 11) is 0. The number of nitrogens with one attached hydrogen (secondary N) is 1. The Bertz CT molecular complexity index is 962. The van der Waals surface area contributed by atoms with Crippen molar-refractivity contribution in [3.05, 3.63) is 78.1 Å². The molecule has 0 radical (unpaired) electrons. The molecule has 0 atom stereocenters. The molecule has 2 heterocycles. The predicted molar refractivity (Wildman–Crippen MR) is 125 cm³/mol. The number of piperazine rings is 1. The Morgan fingerprint density at radius 3 is 2.23 bits per heavy atom. The lowest BCUT2D eigenvalue weighted by molar-refractivity contribution is -0.130. The van der Waals surface area contributed by atoms with Crippen molar-refractivity contribution in [1.82, 2.24) is 20.0 Å². The van der Waals surface area contributed by atoms with E-state index >= 15 is 0 Å². The first-order valence-corrected chi connectivity index (χ1v) is 11.2. The Labute approximate surface area is 184 Å². The first-order valence-electron chi connectivity index (χ1n) is 11.2. The molecule has 1 amide bonds. The van der Waals surface area contributed by atoms with E-state index < -0.39 is 0 Å². The third-order valence-corrected chi connectivity index (χ3v) is 5.68. The van der Waals surface area contributed by atoms with Crippen LogP contribution < -0.4 is 10.2 Å². The predicted octanol–water partition coefficient (Wildman–Crippen LogP) is 3.26. The van der Waals surface area contributed by atoms with Gasteiger partial charge in [-0.2, -0.15) is 5.10 Å². The molecule has 6 heteroatoms. The summed E-state index contributed by atoms with van der Waals surface area (Å²) in [5, 5.41) is 8.07. The maximum atomic E-state index is 12.6. The van der Waals surface area contributed by atoms with Gasteiger partial charge in [-0.15, -0.1) is 0 Å². The van der Waals surface area contributed by atoms with Crippen LogP contribution in [0.25, 0.3) is 5.69 Å². The Kier molecular flexibility index (Phi) is 6.99. The summed E-state index contributed by atoms with van der Waals surface area (Å²) < 4.78 is 2.02. The number of carbonyl (C=O) groups is 1. The summed E-state index contributed by atoms with van der Waals surface area (Å²) in [4.78, 5) is 16.9. The number of carbonyl (C=O) groups excluding carboxylic acids is 1. The third kappa shape index (κ3) is 5.33. The van der Waals surface area contributed by atoms with Gasteiger partial charge in [0.2, 0.25) is 5.91 Å². The number of nitrogens with zero attached hydrogens (tertiary/aromatic N) is 4. The van der Waals surface area contributed by atoms with Crippen LogP contribution in [-0.2, 0) is 17.8 Å². The Morgan fingerprint density at radius 2 is 1.58 bits per heavy atom. The highest BCUT2D eigenvalue weighted by molar-refractivity contribution is 5.78. The fraction of sp³-hybridized carbons (Fsp3) is 0.360. The molecular weight excluding hydrogens is 386 g/mol. The highest BCUT2D eigenvalue weighted by Gasteiger charge is 2.21. The fourth-order valence-corrected chi connectivity index (χ4v) is 4.05. The van der Waals surface area contributed by atoms with Crippen molar-refractivity contribution in [1.29, 1.82) is 0 Å². The number of rotatable bonds is 8. The summed E-state index contributed by atoms with van der Waals surface area (Å²) in [5.41, 5.74) is 4.47. The van der Waals surface area contributed by atoms with Gasteiger partial charge in [0.25, 0.3) is 0 Å². The van der Waals surface area contributed by atoms with E-state index in [4.69, 9.17) is 5.10 Å². The van der Waals surface area contributed by atoms with E-state index in [9.17, 15) is 4.79 Å². The maximum Gasteiger partial charge on any atom is 0.236 e. The molecule has 4 rings (SSSR count). The van der Waals surface area contributed by atoms with E-state index in [0.717, 1.165) is 50.4 Å². The van der Waals surface area contributed by atoms with Gasteiger partial charge in [-0.1, -0.05) is 49.7 Å². The molecular formula is C25H31N5O. The molecule has 3 aromatic rings. The van der Waals surface area contributed by atoms with Crippen LogP contribution in [0.15, 0.2) is 66.7 Å². The lowest BCUT2D eigenvalue weighted by Crippen LogP contribution is -2.50. The molecule has 0 unspecified atom stereocenters. The van der Waals surface area contributed by atoms with Gasteiger partial charge >= 0.3 is 0 Å². The van der Waals surface area contributed by atoms with Gasteiger partial charge in [0, 0.05) is 44.1 Å². The third-order valence-electron chi connectivity index (χ3n) is 5.68. The lowest BCUT2D eigenvalue weighted by Gasteiger charge is -2.36. The number of para-hydroxylation sites is 2. The Hall–Kier alpha value is -3.12. The molecule has 31 heavy (non-hydrogen) atoms. The van der Waals surface area contributed by atoms with Gasteiger partial charge in [-0.25, -0.2) is 4.68 Å². The van der Waals surface area contributed by atoms with E-state index in [2.05, 4.69) is 59.6 Å². The van der Waals surface area contributed by atoms with Crippen molar-refractivity contribution in [3.63, 3.8) is 0 Å². The average Bonchev–Trinajstić information content (AvgIpc) is 3.23. The van der Waals surface area contributed by atoms with Crippen LogP contribution in [0.5, 0.6) is 0 Å². The number of amides is 1. The largest absolute Gasteiger partial charge is 0.368 e. The van der Waals surface area contributed by atoms with E-state index in [1.54, 1.807) is 0 Å². The molecule has 1 fully saturated rings. The summed E-state index contributed by atoms with van der Waals surface area (Å²) in [6.45, 7) is 6.38. The summed E-state index contributed by atoms with van der Waals surface area (Å²) in [6.07, 6.45) is 2.05. The van der Waals surface area contributed by atoms with Crippen molar-refractivity contribution in [2.24, 2.45) is 0 Å². The van der Waals surface area contributed by atoms with Crippen LogP contribution in [0.1, 0.15) is 24.7 Å². The zero-order valence-corrected chi connectivity index (χ0v) is 18.2. The average molecular weight is 418 g/mol. The number of aryl methyl sites for hydroxylation is 1. The molecule has 6 nitrogen and oxygen atoms in total. The first-order chi connectivity index (χ1) is 15.2. The van der Waals surface area contributed by atoms with Gasteiger partial charge in [0.15, 0.2) is 0 Å². The van der Waals surface area contributed by atoms with Crippen LogP contribution in [-0.4, -0.2) is 53.3 Å². The summed E-state index contributed by atoms with van der Waals surface area (Å²) >= 11 is 0. The van der Waals surface area contributed by atoms with Crippen LogP contribution in [0, 0.1) is 0 Å². The lowest BCUT2D eigenvalue weighted by atomic mass is 10.2. The monoisotopic (exact) mass is 417 g/mol. The first kappa shape index (κ1) is 21.1. The number of hydrogen-bond donors (Lipinski definition) is 1. The van der Waals surface area contributed by atoms with Gasteiger partial charge in [-0.05, 0) is 36.8 Å². The zero-order valence-electron chi connectivity index (χ0n) is 18.2. The number of aromatic nitrogens is 2. The molecule has 2 aromatic carbocycles. The van der Waals surface area contributed by atoms with Gasteiger partial charge < -0.3 is 15.1 Å². The van der Waals surface area contributed by atoms with Crippen LogP contribution in [0.4, 0.5) is 5.69 Å². The molecule has 1 aliphatic rings. The number of anilines is 1. The fourth-order valence-electron chi connectivity index (χ4n) is 4.05.